The van der Waals surface area contributed by atoms with Crippen molar-refractivity contribution in [2.45, 2.75) is 19.9 Å². The fourth-order valence-corrected chi connectivity index (χ4v) is 1.49. The van der Waals surface area contributed by atoms with Crippen molar-refractivity contribution in [3.05, 3.63) is 10.7 Å². The van der Waals surface area contributed by atoms with E-state index < -0.39 is 0 Å². The molecule has 0 saturated carbocycles. The van der Waals surface area contributed by atoms with Crippen molar-refractivity contribution < 1.29 is 5.11 Å². The lowest BCUT2D eigenvalue weighted by atomic mass is 10.1. The molecule has 0 unspecified atom stereocenters. The number of aromatic nitrogens is 2. The number of nitrogens with one attached hydrogen (secondary N) is 1. The van der Waals surface area contributed by atoms with Crippen LogP contribution in [-0.2, 0) is 0 Å². The van der Waals surface area contributed by atoms with Gasteiger partial charge in [-0.25, -0.2) is 4.98 Å². The molecular weight excluding hydrogens is 260 g/mol. The number of nitrogen functional groups attached to an aromatic ring is 1. The van der Waals surface area contributed by atoms with Gasteiger partial charge in [0, 0.05) is 6.07 Å². The maximum atomic E-state index is 9.14. The molecule has 0 radical (unpaired) electrons. The van der Waals surface area contributed by atoms with E-state index in [0.717, 1.165) is 0 Å². The van der Waals surface area contributed by atoms with Gasteiger partial charge in [0.25, 0.3) is 0 Å². The van der Waals surface area contributed by atoms with Gasteiger partial charge in [0.1, 0.15) is 10.4 Å². The SMILES string of the molecule is CC(C)[C@@H](CO)Nc1nc(N)cc(Br)n1. The quantitative estimate of drug-likeness (QED) is 0.720. The molecule has 0 saturated heterocycles. The highest BCUT2D eigenvalue weighted by Crippen LogP contribution is 2.14. The third kappa shape index (κ3) is 3.64. The average Bonchev–Trinajstić information content (AvgIpc) is 2.12. The maximum absolute atomic E-state index is 9.14. The van der Waals surface area contributed by atoms with Crippen LogP contribution in [0.4, 0.5) is 11.8 Å². The van der Waals surface area contributed by atoms with Crippen molar-refractivity contribution in [2.24, 2.45) is 5.92 Å². The maximum Gasteiger partial charge on any atom is 0.226 e. The third-order valence-electron chi connectivity index (χ3n) is 2.03. The first-order chi connectivity index (χ1) is 7.02. The van der Waals surface area contributed by atoms with Gasteiger partial charge in [0.05, 0.1) is 12.6 Å². The summed E-state index contributed by atoms with van der Waals surface area (Å²) in [4.78, 5) is 8.13. The van der Waals surface area contributed by atoms with Crippen LogP contribution in [0.3, 0.4) is 0 Å². The van der Waals surface area contributed by atoms with E-state index in [1.54, 1.807) is 6.07 Å². The van der Waals surface area contributed by atoms with Crippen molar-refractivity contribution in [2.75, 3.05) is 17.7 Å². The van der Waals surface area contributed by atoms with Crippen molar-refractivity contribution in [3.63, 3.8) is 0 Å². The molecule has 0 aliphatic rings. The standard InChI is InChI=1S/C9H15BrN4O/c1-5(2)6(4-15)12-9-13-7(10)3-8(11)14-9/h3,5-6,15H,4H2,1-2H3,(H3,11,12,13,14)/t6-/m1/s1. The predicted octanol–water partition coefficient (Wildman–Crippen LogP) is 1.25. The number of halogens is 1. The van der Waals surface area contributed by atoms with Gasteiger partial charge in [0.2, 0.25) is 5.95 Å². The van der Waals surface area contributed by atoms with E-state index in [-0.39, 0.29) is 12.6 Å². The molecule has 1 heterocycles. The topological polar surface area (TPSA) is 84.1 Å². The summed E-state index contributed by atoms with van der Waals surface area (Å²) in [5, 5.41) is 12.2. The van der Waals surface area contributed by atoms with Crippen LogP contribution in [-0.4, -0.2) is 27.7 Å². The van der Waals surface area contributed by atoms with E-state index in [0.29, 0.717) is 22.3 Å². The van der Waals surface area contributed by atoms with E-state index in [9.17, 15) is 0 Å². The number of hydrogen-bond acceptors (Lipinski definition) is 5. The molecule has 0 aliphatic carbocycles. The Kier molecular flexibility index (Phi) is 4.28. The Bertz CT molecular complexity index is 312. The predicted molar refractivity (Wildman–Crippen MR) is 63.5 cm³/mol. The highest BCUT2D eigenvalue weighted by Gasteiger charge is 2.13. The molecule has 0 aromatic carbocycles. The summed E-state index contributed by atoms with van der Waals surface area (Å²) < 4.78 is 0.623. The summed E-state index contributed by atoms with van der Waals surface area (Å²) in [6.45, 7) is 4.05. The Labute approximate surface area is 97.2 Å². The minimum Gasteiger partial charge on any atom is -0.394 e. The van der Waals surface area contributed by atoms with Gasteiger partial charge in [-0.05, 0) is 21.8 Å². The van der Waals surface area contributed by atoms with Gasteiger partial charge in [-0.1, -0.05) is 13.8 Å². The van der Waals surface area contributed by atoms with Gasteiger partial charge < -0.3 is 16.2 Å². The summed E-state index contributed by atoms with van der Waals surface area (Å²) in [5.74, 6) is 1.10. The van der Waals surface area contributed by atoms with E-state index in [2.05, 4.69) is 31.2 Å². The Morgan fingerprint density at radius 3 is 2.67 bits per heavy atom. The highest BCUT2D eigenvalue weighted by atomic mass is 79.9. The van der Waals surface area contributed by atoms with Crippen molar-refractivity contribution >= 4 is 27.7 Å². The lowest BCUT2D eigenvalue weighted by Gasteiger charge is -2.19. The van der Waals surface area contributed by atoms with Crippen LogP contribution >= 0.6 is 15.9 Å². The summed E-state index contributed by atoms with van der Waals surface area (Å²) in [5.41, 5.74) is 5.57. The molecule has 1 rings (SSSR count). The van der Waals surface area contributed by atoms with E-state index >= 15 is 0 Å². The van der Waals surface area contributed by atoms with Crippen LogP contribution in [0, 0.1) is 5.92 Å². The lowest BCUT2D eigenvalue weighted by molar-refractivity contribution is 0.248. The molecule has 0 amide bonds. The second-order valence-corrected chi connectivity index (χ2v) is 4.43. The smallest absolute Gasteiger partial charge is 0.226 e. The summed E-state index contributed by atoms with van der Waals surface area (Å²) in [6, 6.07) is 1.55. The second kappa shape index (κ2) is 5.27. The van der Waals surface area contributed by atoms with E-state index in [4.69, 9.17) is 10.8 Å². The Balaban J connectivity index is 2.79. The molecule has 1 atom stereocenters. The van der Waals surface area contributed by atoms with E-state index in [1.807, 2.05) is 13.8 Å². The first kappa shape index (κ1) is 12.2. The number of aliphatic hydroxyl groups excluding tert-OH is 1. The van der Waals surface area contributed by atoms with Crippen LogP contribution in [0.2, 0.25) is 0 Å². The Morgan fingerprint density at radius 2 is 2.20 bits per heavy atom. The summed E-state index contributed by atoms with van der Waals surface area (Å²) in [7, 11) is 0. The third-order valence-corrected chi connectivity index (χ3v) is 2.44. The molecule has 0 fully saturated rings. The normalized spacial score (nSPS) is 12.9. The first-order valence-electron chi connectivity index (χ1n) is 4.70. The molecule has 5 nitrogen and oxygen atoms in total. The fraction of sp³-hybridized carbons (Fsp3) is 0.556. The molecular formula is C9H15BrN4O. The Hall–Kier alpha value is -0.880. The average molecular weight is 275 g/mol. The number of rotatable bonds is 4. The number of aliphatic hydroxyl groups is 1. The molecule has 0 bridgehead atoms. The zero-order valence-corrected chi connectivity index (χ0v) is 10.3. The molecule has 0 aliphatic heterocycles. The minimum atomic E-state index is -0.0706. The summed E-state index contributed by atoms with van der Waals surface area (Å²) in [6.07, 6.45) is 0. The Morgan fingerprint density at radius 1 is 1.53 bits per heavy atom. The molecule has 84 valence electrons. The van der Waals surface area contributed by atoms with Gasteiger partial charge in [-0.15, -0.1) is 0 Å². The van der Waals surface area contributed by atoms with Crippen LogP contribution in [0.5, 0.6) is 0 Å². The van der Waals surface area contributed by atoms with Gasteiger partial charge in [-0.2, -0.15) is 4.98 Å². The summed E-state index contributed by atoms with van der Waals surface area (Å²) >= 11 is 3.23. The molecule has 1 aromatic rings. The minimum absolute atomic E-state index is 0.0352. The second-order valence-electron chi connectivity index (χ2n) is 3.62. The number of nitrogens with zero attached hydrogens (tertiary/aromatic N) is 2. The van der Waals surface area contributed by atoms with E-state index in [1.165, 1.54) is 0 Å². The van der Waals surface area contributed by atoms with Crippen LogP contribution in [0.25, 0.3) is 0 Å². The number of hydrogen-bond donors (Lipinski definition) is 3. The largest absolute Gasteiger partial charge is 0.394 e. The monoisotopic (exact) mass is 274 g/mol. The molecule has 0 spiro atoms. The molecule has 6 heteroatoms. The van der Waals surface area contributed by atoms with Crippen LogP contribution in [0.1, 0.15) is 13.8 Å². The number of anilines is 2. The fourth-order valence-electron chi connectivity index (χ4n) is 1.09. The number of nitrogens with two attached hydrogens (primary N) is 1. The molecule has 4 N–H and O–H groups in total. The van der Waals surface area contributed by atoms with Crippen LogP contribution in [0.15, 0.2) is 10.7 Å². The van der Waals surface area contributed by atoms with Gasteiger partial charge in [-0.3, -0.25) is 0 Å². The zero-order valence-electron chi connectivity index (χ0n) is 8.74. The van der Waals surface area contributed by atoms with Crippen molar-refractivity contribution in [1.82, 2.24) is 9.97 Å². The lowest BCUT2D eigenvalue weighted by Crippen LogP contribution is -2.30. The zero-order chi connectivity index (χ0) is 11.4. The van der Waals surface area contributed by atoms with Gasteiger partial charge in [0.15, 0.2) is 0 Å². The molecule has 1 aromatic heterocycles. The van der Waals surface area contributed by atoms with Crippen molar-refractivity contribution in [1.29, 1.82) is 0 Å². The van der Waals surface area contributed by atoms with Crippen molar-refractivity contribution in [3.8, 4) is 0 Å². The molecule has 15 heavy (non-hydrogen) atoms. The first-order valence-corrected chi connectivity index (χ1v) is 5.49. The van der Waals surface area contributed by atoms with Gasteiger partial charge >= 0.3 is 0 Å². The highest BCUT2D eigenvalue weighted by molar-refractivity contribution is 9.10. The van der Waals surface area contributed by atoms with Crippen LogP contribution < -0.4 is 11.1 Å².